The van der Waals surface area contributed by atoms with Crippen LogP contribution in [0.15, 0.2) is 11.1 Å². The molecule has 0 aromatic carbocycles. The van der Waals surface area contributed by atoms with Gasteiger partial charge in [0.15, 0.2) is 0 Å². The highest BCUT2D eigenvalue weighted by atomic mass is 16.4. The first-order chi connectivity index (χ1) is 19.1. The van der Waals surface area contributed by atoms with Gasteiger partial charge in [0.25, 0.3) is 0 Å². The van der Waals surface area contributed by atoms with Crippen LogP contribution in [0, 0.1) is 22.7 Å². The van der Waals surface area contributed by atoms with E-state index in [-0.39, 0.29) is 11.1 Å². The second-order valence-corrected chi connectivity index (χ2v) is 12.8. The van der Waals surface area contributed by atoms with E-state index in [1.165, 1.54) is 0 Å². The Balaban J connectivity index is 7.47. The molecule has 0 fully saturated rings. The fraction of sp³-hybridized carbons (Fsp3) is 0.889. The monoisotopic (exact) mass is 565 g/mol. The van der Waals surface area contributed by atoms with E-state index in [4.69, 9.17) is 0 Å². The fourth-order valence-corrected chi connectivity index (χ4v) is 7.27. The summed E-state index contributed by atoms with van der Waals surface area (Å²) in [7, 11) is 0. The van der Waals surface area contributed by atoms with Crippen molar-refractivity contribution in [1.29, 1.82) is 0 Å². The van der Waals surface area contributed by atoms with Gasteiger partial charge in [0.05, 0.1) is 11.1 Å². The number of aliphatic carboxylic acids is 2. The molecule has 0 saturated heterocycles. The molecule has 4 atom stereocenters. The first kappa shape index (κ1) is 38.7. The third-order valence-corrected chi connectivity index (χ3v) is 10.1. The molecular weight excluding hydrogens is 496 g/mol. The maximum atomic E-state index is 13.5. The van der Waals surface area contributed by atoms with Gasteiger partial charge >= 0.3 is 11.9 Å². The Labute approximate surface area is 249 Å². The summed E-state index contributed by atoms with van der Waals surface area (Å²) in [6.07, 6.45) is 19.3. The second kappa shape index (κ2) is 21.4. The third-order valence-electron chi connectivity index (χ3n) is 10.1. The van der Waals surface area contributed by atoms with E-state index in [1.807, 2.05) is 0 Å². The van der Waals surface area contributed by atoms with Gasteiger partial charge in [-0.05, 0) is 50.4 Å². The van der Waals surface area contributed by atoms with Crippen LogP contribution in [0.2, 0.25) is 0 Å². The average Bonchev–Trinajstić information content (AvgIpc) is 2.94. The molecular formula is C36H68O4. The molecule has 4 nitrogen and oxygen atoms in total. The molecule has 4 heteroatoms. The normalized spacial score (nSPS) is 17.0. The van der Waals surface area contributed by atoms with Crippen LogP contribution in [0.25, 0.3) is 0 Å². The van der Waals surface area contributed by atoms with Crippen LogP contribution in [-0.2, 0) is 9.59 Å². The summed E-state index contributed by atoms with van der Waals surface area (Å²) in [5, 5.41) is 22.0. The number of hydrogen-bond donors (Lipinski definition) is 2. The second-order valence-electron chi connectivity index (χ2n) is 12.8. The number of carbonyl (C=O) groups is 2. The Bertz CT molecular complexity index is 666. The molecule has 0 aromatic heterocycles. The molecule has 0 aromatic rings. The van der Waals surface area contributed by atoms with Crippen LogP contribution in [0.4, 0.5) is 0 Å². The minimum absolute atomic E-state index is 0.261. The molecule has 236 valence electrons. The maximum Gasteiger partial charge on any atom is 0.332 e. The summed E-state index contributed by atoms with van der Waals surface area (Å²) in [6.45, 7) is 17.4. The lowest BCUT2D eigenvalue weighted by Crippen LogP contribution is -2.39. The lowest BCUT2D eigenvalue weighted by Gasteiger charge is -2.43. The van der Waals surface area contributed by atoms with Crippen LogP contribution in [0.1, 0.15) is 184 Å². The third kappa shape index (κ3) is 11.9. The van der Waals surface area contributed by atoms with Gasteiger partial charge in [0.2, 0.25) is 0 Å². The van der Waals surface area contributed by atoms with E-state index >= 15 is 0 Å². The van der Waals surface area contributed by atoms with Crippen molar-refractivity contribution < 1.29 is 19.8 Å². The Kier molecular flexibility index (Phi) is 20.7. The Morgan fingerprint density at radius 1 is 0.525 bits per heavy atom. The van der Waals surface area contributed by atoms with Crippen molar-refractivity contribution in [3.63, 3.8) is 0 Å². The van der Waals surface area contributed by atoms with Crippen LogP contribution < -0.4 is 0 Å². The highest BCUT2D eigenvalue weighted by Gasteiger charge is 2.47. The van der Waals surface area contributed by atoms with Crippen molar-refractivity contribution in [2.45, 2.75) is 184 Å². The summed E-state index contributed by atoms with van der Waals surface area (Å²) < 4.78 is 0. The number of carboxylic acids is 2. The van der Waals surface area contributed by atoms with E-state index in [1.54, 1.807) is 0 Å². The summed E-state index contributed by atoms with van der Waals surface area (Å²) >= 11 is 0. The number of hydrogen-bond acceptors (Lipinski definition) is 2. The maximum absolute atomic E-state index is 13.5. The Hall–Kier alpha value is -1.32. The van der Waals surface area contributed by atoms with Crippen molar-refractivity contribution >= 4 is 11.9 Å². The molecule has 0 aliphatic carbocycles. The van der Waals surface area contributed by atoms with Gasteiger partial charge in [-0.2, -0.15) is 0 Å². The van der Waals surface area contributed by atoms with Crippen LogP contribution in [0.3, 0.4) is 0 Å². The molecule has 0 saturated carbocycles. The van der Waals surface area contributed by atoms with Crippen LogP contribution in [0.5, 0.6) is 0 Å². The van der Waals surface area contributed by atoms with Gasteiger partial charge < -0.3 is 10.2 Å². The minimum atomic E-state index is -0.990. The molecule has 0 aliphatic heterocycles. The predicted octanol–water partition coefficient (Wildman–Crippen LogP) is 11.6. The quantitative estimate of drug-likeness (QED) is 0.0809. The Morgan fingerprint density at radius 2 is 0.850 bits per heavy atom. The van der Waals surface area contributed by atoms with Gasteiger partial charge in [0.1, 0.15) is 0 Å². The number of carboxylic acid groups (broad SMARTS) is 2. The topological polar surface area (TPSA) is 74.6 Å². The average molecular weight is 565 g/mol. The van der Waals surface area contributed by atoms with E-state index in [9.17, 15) is 19.8 Å². The highest BCUT2D eigenvalue weighted by Crippen LogP contribution is 2.52. The van der Waals surface area contributed by atoms with Gasteiger partial charge in [-0.25, -0.2) is 9.59 Å². The molecule has 0 heterocycles. The van der Waals surface area contributed by atoms with Crippen LogP contribution >= 0.6 is 0 Å². The van der Waals surface area contributed by atoms with E-state index < -0.39 is 22.8 Å². The number of rotatable bonds is 26. The molecule has 2 N–H and O–H groups in total. The molecule has 4 unspecified atom stereocenters. The van der Waals surface area contributed by atoms with Gasteiger partial charge in [-0.15, -0.1) is 0 Å². The molecule has 0 bridgehead atoms. The SMILES string of the molecule is CCCCCC(CC)(CC(CC)CCCC)/C(C(=O)O)=C(/C(=O)O)C(CC)(CCCCC)CC(CC)CCCC. The molecule has 0 amide bonds. The molecule has 0 rings (SSSR count). The van der Waals surface area contributed by atoms with Crippen LogP contribution in [-0.4, -0.2) is 22.2 Å². The predicted molar refractivity (Wildman–Crippen MR) is 172 cm³/mol. The zero-order chi connectivity index (χ0) is 30.6. The Morgan fingerprint density at radius 3 is 1.07 bits per heavy atom. The summed E-state index contributed by atoms with van der Waals surface area (Å²) in [6, 6.07) is 0. The fourth-order valence-electron chi connectivity index (χ4n) is 7.27. The van der Waals surface area contributed by atoms with Gasteiger partial charge in [-0.1, -0.05) is 145 Å². The summed E-state index contributed by atoms with van der Waals surface area (Å²) in [4.78, 5) is 26.9. The zero-order valence-corrected chi connectivity index (χ0v) is 28.0. The van der Waals surface area contributed by atoms with Crippen molar-refractivity contribution in [1.82, 2.24) is 0 Å². The smallest absolute Gasteiger partial charge is 0.332 e. The van der Waals surface area contributed by atoms with Crippen molar-refractivity contribution in [2.24, 2.45) is 22.7 Å². The van der Waals surface area contributed by atoms with Gasteiger partial charge in [0, 0.05) is 10.8 Å². The van der Waals surface area contributed by atoms with E-state index in [2.05, 4.69) is 55.4 Å². The zero-order valence-electron chi connectivity index (χ0n) is 28.0. The lowest BCUT2D eigenvalue weighted by molar-refractivity contribution is -0.138. The molecule has 0 radical (unpaired) electrons. The first-order valence-electron chi connectivity index (χ1n) is 17.3. The first-order valence-corrected chi connectivity index (χ1v) is 17.3. The lowest BCUT2D eigenvalue weighted by atomic mass is 9.60. The summed E-state index contributed by atoms with van der Waals surface area (Å²) in [5.41, 5.74) is -0.701. The van der Waals surface area contributed by atoms with Crippen molar-refractivity contribution in [3.05, 3.63) is 11.1 Å². The van der Waals surface area contributed by atoms with Gasteiger partial charge in [-0.3, -0.25) is 0 Å². The molecule has 0 aliphatic rings. The number of unbranched alkanes of at least 4 members (excludes halogenated alkanes) is 6. The molecule has 40 heavy (non-hydrogen) atoms. The highest BCUT2D eigenvalue weighted by molar-refractivity contribution is 6.00. The van der Waals surface area contributed by atoms with Crippen molar-refractivity contribution in [3.8, 4) is 0 Å². The van der Waals surface area contributed by atoms with E-state index in [0.717, 1.165) is 116 Å². The largest absolute Gasteiger partial charge is 0.478 e. The van der Waals surface area contributed by atoms with Crippen molar-refractivity contribution in [2.75, 3.05) is 0 Å². The minimum Gasteiger partial charge on any atom is -0.478 e. The van der Waals surface area contributed by atoms with E-state index in [0.29, 0.717) is 24.7 Å². The summed E-state index contributed by atoms with van der Waals surface area (Å²) in [5.74, 6) is -1.16. The molecule has 0 spiro atoms. The standard InChI is InChI=1S/C36H68O4/c1-9-17-21-25-35(15-7,27-29(13-5)23-19-11-3)31(33(37)38)32(34(39)40)36(16-8,26-22-18-10-2)28-30(14-6)24-20-12-4/h29-30H,9-28H2,1-8H3,(H,37,38)(H,39,40)/b32-31-.